The van der Waals surface area contributed by atoms with Gasteiger partial charge in [0.1, 0.15) is 0 Å². The van der Waals surface area contributed by atoms with Gasteiger partial charge in [0.25, 0.3) is 0 Å². The van der Waals surface area contributed by atoms with Gasteiger partial charge in [-0.3, -0.25) is 4.90 Å². The number of aromatic nitrogens is 1. The first-order valence-electron chi connectivity index (χ1n) is 6.98. The first-order valence-corrected chi connectivity index (χ1v) is 6.98. The van der Waals surface area contributed by atoms with Crippen LogP contribution in [0.4, 0.5) is 0 Å². The summed E-state index contributed by atoms with van der Waals surface area (Å²) in [6.45, 7) is 1.72. The first kappa shape index (κ1) is 12.9. The zero-order chi connectivity index (χ0) is 13.8. The van der Waals surface area contributed by atoms with Crippen molar-refractivity contribution in [2.75, 3.05) is 6.54 Å². The predicted molar refractivity (Wildman–Crippen MR) is 75.6 cm³/mol. The second-order valence-corrected chi connectivity index (χ2v) is 5.11. The largest absolute Gasteiger partial charge is 0.439 e. The maximum Gasteiger partial charge on any atom is 0.209 e. The number of likely N-dealkylation sites (tertiary alicyclic amines) is 1. The van der Waals surface area contributed by atoms with Gasteiger partial charge in [0.2, 0.25) is 5.89 Å². The monoisotopic (exact) mass is 267 g/mol. The van der Waals surface area contributed by atoms with Crippen molar-refractivity contribution in [3.05, 3.63) is 42.4 Å². The normalized spacial score (nSPS) is 19.1. The molecule has 0 N–H and O–H groups in total. The Kier molecular flexibility index (Phi) is 3.80. The summed E-state index contributed by atoms with van der Waals surface area (Å²) in [5.74, 6) is 1.53. The molecule has 0 spiro atoms. The highest BCUT2D eigenvalue weighted by atomic mass is 16.4. The minimum atomic E-state index is 0.354. The van der Waals surface area contributed by atoms with E-state index in [0.717, 1.165) is 36.6 Å². The Balaban J connectivity index is 1.70. The van der Waals surface area contributed by atoms with Crippen LogP contribution in [0.2, 0.25) is 0 Å². The summed E-state index contributed by atoms with van der Waals surface area (Å²) >= 11 is 0. The summed E-state index contributed by atoms with van der Waals surface area (Å²) < 4.78 is 5.82. The lowest BCUT2D eigenvalue weighted by atomic mass is 10.2. The van der Waals surface area contributed by atoms with E-state index in [1.807, 2.05) is 30.3 Å². The lowest BCUT2D eigenvalue weighted by Gasteiger charge is -2.20. The molecule has 4 nitrogen and oxygen atoms in total. The predicted octanol–water partition coefficient (Wildman–Crippen LogP) is 3.22. The van der Waals surface area contributed by atoms with E-state index in [1.54, 1.807) is 6.20 Å². The highest BCUT2D eigenvalue weighted by molar-refractivity contribution is 5.55. The molecule has 0 aliphatic carbocycles. The van der Waals surface area contributed by atoms with Crippen LogP contribution in [-0.4, -0.2) is 22.5 Å². The summed E-state index contributed by atoms with van der Waals surface area (Å²) in [6.07, 6.45) is 4.62. The van der Waals surface area contributed by atoms with Crippen molar-refractivity contribution < 1.29 is 4.42 Å². The third-order valence-corrected chi connectivity index (χ3v) is 3.78. The molecule has 1 aliphatic heterocycles. The Bertz CT molecular complexity index is 600. The van der Waals surface area contributed by atoms with E-state index >= 15 is 0 Å². The molecule has 1 atom stereocenters. The molecule has 1 aliphatic rings. The second kappa shape index (κ2) is 5.89. The summed E-state index contributed by atoms with van der Waals surface area (Å²) in [6, 6.07) is 12.6. The second-order valence-electron chi connectivity index (χ2n) is 5.11. The third-order valence-electron chi connectivity index (χ3n) is 3.78. The van der Waals surface area contributed by atoms with E-state index in [4.69, 9.17) is 9.68 Å². The van der Waals surface area contributed by atoms with Gasteiger partial charge in [-0.1, -0.05) is 30.3 Å². The van der Waals surface area contributed by atoms with Gasteiger partial charge in [-0.05, 0) is 19.4 Å². The Labute approximate surface area is 118 Å². The molecule has 2 aromatic rings. The van der Waals surface area contributed by atoms with Gasteiger partial charge in [-0.15, -0.1) is 0 Å². The number of nitrogens with zero attached hydrogens (tertiary/aromatic N) is 3. The summed E-state index contributed by atoms with van der Waals surface area (Å²) in [5, 5.41) is 8.85. The van der Waals surface area contributed by atoms with Gasteiger partial charge in [-0.2, -0.15) is 5.26 Å². The van der Waals surface area contributed by atoms with Gasteiger partial charge in [0, 0.05) is 11.6 Å². The number of hydrogen-bond donors (Lipinski definition) is 0. The minimum Gasteiger partial charge on any atom is -0.439 e. The molecule has 1 fully saturated rings. The van der Waals surface area contributed by atoms with Crippen LogP contribution in [0.25, 0.3) is 11.3 Å². The van der Waals surface area contributed by atoms with Crippen molar-refractivity contribution in [1.29, 1.82) is 5.26 Å². The van der Waals surface area contributed by atoms with Crippen LogP contribution < -0.4 is 0 Å². The molecule has 0 amide bonds. The molecule has 0 radical (unpaired) electrons. The molecular weight excluding hydrogens is 250 g/mol. The van der Waals surface area contributed by atoms with Crippen molar-refractivity contribution >= 4 is 0 Å². The molecule has 0 saturated carbocycles. The maximum atomic E-state index is 8.85. The lowest BCUT2D eigenvalue weighted by molar-refractivity contribution is 0.224. The number of hydrogen-bond acceptors (Lipinski definition) is 4. The third kappa shape index (κ3) is 2.73. The highest BCUT2D eigenvalue weighted by Crippen LogP contribution is 2.24. The van der Waals surface area contributed by atoms with Crippen LogP contribution in [0.15, 0.2) is 40.9 Å². The van der Waals surface area contributed by atoms with Crippen molar-refractivity contribution in [2.45, 2.75) is 31.8 Å². The standard InChI is InChI=1S/C16H17N3O/c17-9-8-14-7-4-10-19(14)12-16-18-11-15(20-16)13-5-2-1-3-6-13/h1-3,5-6,11,14H,4,7-8,10,12H2. The quantitative estimate of drug-likeness (QED) is 0.853. The topological polar surface area (TPSA) is 53.1 Å². The molecule has 102 valence electrons. The van der Waals surface area contributed by atoms with Crippen molar-refractivity contribution in [2.24, 2.45) is 0 Å². The summed E-state index contributed by atoms with van der Waals surface area (Å²) in [7, 11) is 0. The molecule has 3 rings (SSSR count). The maximum absolute atomic E-state index is 8.85. The molecule has 0 bridgehead atoms. The van der Waals surface area contributed by atoms with E-state index in [9.17, 15) is 0 Å². The fourth-order valence-electron chi connectivity index (χ4n) is 2.73. The van der Waals surface area contributed by atoms with E-state index in [0.29, 0.717) is 19.0 Å². The Hall–Kier alpha value is -2.12. The lowest BCUT2D eigenvalue weighted by Crippen LogP contribution is -2.28. The van der Waals surface area contributed by atoms with Crippen LogP contribution in [0.3, 0.4) is 0 Å². The molecule has 2 heterocycles. The van der Waals surface area contributed by atoms with Crippen LogP contribution in [0.5, 0.6) is 0 Å². The average molecular weight is 267 g/mol. The van der Waals surface area contributed by atoms with Crippen LogP contribution in [0, 0.1) is 11.3 Å². The van der Waals surface area contributed by atoms with Crippen LogP contribution in [-0.2, 0) is 6.54 Å². The zero-order valence-corrected chi connectivity index (χ0v) is 11.3. The smallest absolute Gasteiger partial charge is 0.209 e. The molecular formula is C16H17N3O. The SMILES string of the molecule is N#CCC1CCCN1Cc1ncc(-c2ccccc2)o1. The fourth-order valence-corrected chi connectivity index (χ4v) is 2.73. The Morgan fingerprint density at radius 2 is 2.20 bits per heavy atom. The molecule has 1 aromatic carbocycles. The van der Waals surface area contributed by atoms with E-state index < -0.39 is 0 Å². The van der Waals surface area contributed by atoms with Gasteiger partial charge in [-0.25, -0.2) is 4.98 Å². The van der Waals surface area contributed by atoms with Gasteiger partial charge >= 0.3 is 0 Å². The van der Waals surface area contributed by atoms with Gasteiger partial charge in [0.15, 0.2) is 5.76 Å². The number of rotatable bonds is 4. The Morgan fingerprint density at radius 1 is 1.35 bits per heavy atom. The van der Waals surface area contributed by atoms with Gasteiger partial charge in [0.05, 0.1) is 25.2 Å². The fraction of sp³-hybridized carbons (Fsp3) is 0.375. The molecule has 4 heteroatoms. The van der Waals surface area contributed by atoms with Crippen molar-refractivity contribution in [1.82, 2.24) is 9.88 Å². The number of oxazole rings is 1. The van der Waals surface area contributed by atoms with E-state index in [-0.39, 0.29) is 0 Å². The minimum absolute atomic E-state index is 0.354. The number of benzene rings is 1. The highest BCUT2D eigenvalue weighted by Gasteiger charge is 2.25. The Morgan fingerprint density at radius 3 is 3.00 bits per heavy atom. The molecule has 20 heavy (non-hydrogen) atoms. The van der Waals surface area contributed by atoms with Gasteiger partial charge < -0.3 is 4.42 Å². The zero-order valence-electron chi connectivity index (χ0n) is 11.3. The average Bonchev–Trinajstić information content (AvgIpc) is 3.11. The summed E-state index contributed by atoms with van der Waals surface area (Å²) in [4.78, 5) is 6.65. The van der Waals surface area contributed by atoms with E-state index in [1.165, 1.54) is 0 Å². The molecule has 1 saturated heterocycles. The molecule has 1 unspecified atom stereocenters. The van der Waals surface area contributed by atoms with Crippen molar-refractivity contribution in [3.8, 4) is 17.4 Å². The molecule has 1 aromatic heterocycles. The summed E-state index contributed by atoms with van der Waals surface area (Å²) in [5.41, 5.74) is 1.04. The van der Waals surface area contributed by atoms with E-state index in [2.05, 4.69) is 16.0 Å². The first-order chi connectivity index (χ1) is 9.86. The van der Waals surface area contributed by atoms with Crippen molar-refractivity contribution in [3.63, 3.8) is 0 Å². The number of nitriles is 1. The van der Waals surface area contributed by atoms with Crippen LogP contribution in [0.1, 0.15) is 25.2 Å². The van der Waals surface area contributed by atoms with Crippen LogP contribution >= 0.6 is 0 Å².